The molecule has 0 radical (unpaired) electrons. The van der Waals surface area contributed by atoms with Gasteiger partial charge in [-0.25, -0.2) is 0 Å². The Hall–Kier alpha value is -3.93. The van der Waals surface area contributed by atoms with Gasteiger partial charge in [0, 0.05) is 17.4 Å². The predicted octanol–water partition coefficient (Wildman–Crippen LogP) is 4.33. The summed E-state index contributed by atoms with van der Waals surface area (Å²) in [5.41, 5.74) is 3.29. The molecule has 0 bridgehead atoms. The number of rotatable bonds is 4. The van der Waals surface area contributed by atoms with Crippen molar-refractivity contribution in [3.8, 4) is 5.75 Å². The highest BCUT2D eigenvalue weighted by Gasteiger charge is 2.47. The van der Waals surface area contributed by atoms with Gasteiger partial charge in [-0.15, -0.1) is 0 Å². The number of carbonyl (C=O) groups excluding carboxylic acids is 2. The SMILES string of the molecule is COc1ccc(N2C(=O)C(=O)/C(=C(/O)c3cc(C)ccc3C)C2c2ccccn2)cc1. The first kappa shape index (κ1) is 20.3. The Balaban J connectivity index is 1.94. The zero-order valence-corrected chi connectivity index (χ0v) is 17.5. The van der Waals surface area contributed by atoms with Crippen molar-refractivity contribution in [2.75, 3.05) is 12.0 Å². The number of nitrogens with zero attached hydrogens (tertiary/aromatic N) is 2. The lowest BCUT2D eigenvalue weighted by molar-refractivity contribution is -0.132. The average molecular weight is 414 g/mol. The van der Waals surface area contributed by atoms with Gasteiger partial charge >= 0.3 is 0 Å². The van der Waals surface area contributed by atoms with Crippen LogP contribution >= 0.6 is 0 Å². The lowest BCUT2D eigenvalue weighted by Crippen LogP contribution is -2.29. The molecule has 6 nitrogen and oxygen atoms in total. The molecule has 1 aliphatic rings. The van der Waals surface area contributed by atoms with E-state index in [0.29, 0.717) is 22.7 Å². The Bertz CT molecular complexity index is 1180. The fourth-order valence-electron chi connectivity index (χ4n) is 3.80. The van der Waals surface area contributed by atoms with Crippen molar-refractivity contribution in [2.24, 2.45) is 0 Å². The number of benzene rings is 2. The van der Waals surface area contributed by atoms with Crippen LogP contribution in [0.15, 0.2) is 72.4 Å². The van der Waals surface area contributed by atoms with E-state index < -0.39 is 17.7 Å². The molecule has 1 amide bonds. The molecule has 1 saturated heterocycles. The summed E-state index contributed by atoms with van der Waals surface area (Å²) in [6.07, 6.45) is 1.60. The van der Waals surface area contributed by atoms with Gasteiger partial charge in [0.15, 0.2) is 0 Å². The summed E-state index contributed by atoms with van der Waals surface area (Å²) in [5.74, 6) is -1.03. The van der Waals surface area contributed by atoms with Crippen molar-refractivity contribution in [3.63, 3.8) is 0 Å². The molecule has 1 unspecified atom stereocenters. The highest BCUT2D eigenvalue weighted by atomic mass is 16.5. The van der Waals surface area contributed by atoms with Gasteiger partial charge in [-0.1, -0.05) is 23.8 Å². The minimum Gasteiger partial charge on any atom is -0.507 e. The minimum atomic E-state index is -0.852. The van der Waals surface area contributed by atoms with Crippen molar-refractivity contribution < 1.29 is 19.4 Å². The molecule has 156 valence electrons. The third-order valence-corrected chi connectivity index (χ3v) is 5.41. The average Bonchev–Trinajstić information content (AvgIpc) is 3.06. The maximum atomic E-state index is 13.1. The monoisotopic (exact) mass is 414 g/mol. The summed E-state index contributed by atoms with van der Waals surface area (Å²) in [4.78, 5) is 32.0. The highest BCUT2D eigenvalue weighted by Crippen LogP contribution is 2.42. The van der Waals surface area contributed by atoms with E-state index in [1.165, 1.54) is 4.90 Å². The summed E-state index contributed by atoms with van der Waals surface area (Å²) in [5, 5.41) is 11.2. The minimum absolute atomic E-state index is 0.0215. The third-order valence-electron chi connectivity index (χ3n) is 5.41. The molecule has 1 fully saturated rings. The second-order valence-corrected chi connectivity index (χ2v) is 7.44. The molecule has 0 aliphatic carbocycles. The second-order valence-electron chi connectivity index (χ2n) is 7.44. The fourth-order valence-corrected chi connectivity index (χ4v) is 3.80. The van der Waals surface area contributed by atoms with Crippen LogP contribution in [-0.4, -0.2) is 28.9 Å². The number of anilines is 1. The third kappa shape index (κ3) is 3.57. The summed E-state index contributed by atoms with van der Waals surface area (Å²) >= 11 is 0. The van der Waals surface area contributed by atoms with Gasteiger partial charge in [-0.05, 0) is 61.9 Å². The molecule has 1 aliphatic heterocycles. The topological polar surface area (TPSA) is 79.7 Å². The van der Waals surface area contributed by atoms with E-state index in [-0.39, 0.29) is 11.3 Å². The molecule has 2 aromatic carbocycles. The van der Waals surface area contributed by atoms with Gasteiger partial charge in [-0.2, -0.15) is 0 Å². The van der Waals surface area contributed by atoms with Crippen LogP contribution < -0.4 is 9.64 Å². The van der Waals surface area contributed by atoms with Crippen LogP contribution in [0.2, 0.25) is 0 Å². The molecular formula is C25H22N2O4. The Morgan fingerprint density at radius 3 is 2.42 bits per heavy atom. The second kappa shape index (κ2) is 8.07. The van der Waals surface area contributed by atoms with Gasteiger partial charge in [-0.3, -0.25) is 19.5 Å². The largest absolute Gasteiger partial charge is 0.507 e. The molecule has 0 spiro atoms. The summed E-state index contributed by atoms with van der Waals surface area (Å²) in [6.45, 7) is 3.76. The number of pyridine rings is 1. The molecular weight excluding hydrogens is 392 g/mol. The number of amides is 1. The quantitative estimate of drug-likeness (QED) is 0.390. The fraction of sp³-hybridized carbons (Fsp3) is 0.160. The van der Waals surface area contributed by atoms with Crippen molar-refractivity contribution in [3.05, 3.63) is 94.8 Å². The highest BCUT2D eigenvalue weighted by molar-refractivity contribution is 6.51. The zero-order chi connectivity index (χ0) is 22.1. The van der Waals surface area contributed by atoms with Crippen molar-refractivity contribution in [1.29, 1.82) is 0 Å². The smallest absolute Gasteiger partial charge is 0.300 e. The summed E-state index contributed by atoms with van der Waals surface area (Å²) < 4.78 is 5.20. The first-order valence-electron chi connectivity index (χ1n) is 9.86. The summed E-state index contributed by atoms with van der Waals surface area (Å²) in [7, 11) is 1.55. The Labute approximate surface area is 180 Å². The first-order chi connectivity index (χ1) is 14.9. The first-order valence-corrected chi connectivity index (χ1v) is 9.86. The molecule has 6 heteroatoms. The van der Waals surface area contributed by atoms with E-state index in [1.807, 2.05) is 26.0 Å². The number of aromatic nitrogens is 1. The van der Waals surface area contributed by atoms with Crippen molar-refractivity contribution in [1.82, 2.24) is 4.98 Å². The van der Waals surface area contributed by atoms with Gasteiger partial charge in [0.2, 0.25) is 0 Å². The van der Waals surface area contributed by atoms with E-state index in [1.54, 1.807) is 61.8 Å². The van der Waals surface area contributed by atoms with Gasteiger partial charge in [0.05, 0.1) is 18.4 Å². The van der Waals surface area contributed by atoms with Crippen LogP contribution in [0.1, 0.15) is 28.4 Å². The Morgan fingerprint density at radius 2 is 1.77 bits per heavy atom. The van der Waals surface area contributed by atoms with E-state index in [4.69, 9.17) is 4.74 Å². The number of hydrogen-bond acceptors (Lipinski definition) is 5. The van der Waals surface area contributed by atoms with Gasteiger partial charge in [0.25, 0.3) is 11.7 Å². The molecule has 3 aromatic rings. The van der Waals surface area contributed by atoms with Crippen LogP contribution in [0, 0.1) is 13.8 Å². The van der Waals surface area contributed by atoms with Gasteiger partial charge in [0.1, 0.15) is 17.6 Å². The number of Topliss-reactive ketones (excluding diaryl/α,β-unsaturated/α-hetero) is 1. The number of carbonyl (C=O) groups is 2. The Kier molecular flexibility index (Phi) is 5.29. The van der Waals surface area contributed by atoms with E-state index in [2.05, 4.69) is 4.98 Å². The molecule has 1 atom stereocenters. The molecule has 2 heterocycles. The van der Waals surface area contributed by atoms with Crippen LogP contribution in [0.25, 0.3) is 5.76 Å². The molecule has 0 saturated carbocycles. The van der Waals surface area contributed by atoms with Crippen LogP contribution in [0.4, 0.5) is 5.69 Å². The lowest BCUT2D eigenvalue weighted by Gasteiger charge is -2.24. The number of aliphatic hydroxyl groups is 1. The van der Waals surface area contributed by atoms with Crippen molar-refractivity contribution in [2.45, 2.75) is 19.9 Å². The van der Waals surface area contributed by atoms with E-state index >= 15 is 0 Å². The molecule has 4 rings (SSSR count). The van der Waals surface area contributed by atoms with E-state index in [9.17, 15) is 14.7 Å². The lowest BCUT2D eigenvalue weighted by atomic mass is 9.95. The number of aryl methyl sites for hydroxylation is 2. The molecule has 1 aromatic heterocycles. The normalized spacial score (nSPS) is 17.8. The standard InChI is InChI=1S/C25H22N2O4/c1-15-7-8-16(2)19(14-15)23(28)21-22(20-6-4-5-13-26-20)27(25(30)24(21)29)17-9-11-18(31-3)12-10-17/h4-14,22,28H,1-3H3/b23-21+. The number of ether oxygens (including phenoxy) is 1. The number of aliphatic hydroxyl groups excluding tert-OH is 1. The van der Waals surface area contributed by atoms with E-state index in [0.717, 1.165) is 11.1 Å². The predicted molar refractivity (Wildman–Crippen MR) is 118 cm³/mol. The summed E-state index contributed by atoms with van der Waals surface area (Å²) in [6, 6.07) is 16.9. The number of ketones is 1. The molecule has 1 N–H and O–H groups in total. The molecule has 31 heavy (non-hydrogen) atoms. The van der Waals surface area contributed by atoms with Crippen LogP contribution in [0.3, 0.4) is 0 Å². The van der Waals surface area contributed by atoms with Crippen LogP contribution in [-0.2, 0) is 9.59 Å². The Morgan fingerprint density at radius 1 is 1.03 bits per heavy atom. The zero-order valence-electron chi connectivity index (χ0n) is 17.5. The maximum Gasteiger partial charge on any atom is 0.300 e. The van der Waals surface area contributed by atoms with Crippen molar-refractivity contribution >= 4 is 23.1 Å². The van der Waals surface area contributed by atoms with Crippen LogP contribution in [0.5, 0.6) is 5.75 Å². The number of methoxy groups -OCH3 is 1. The maximum absolute atomic E-state index is 13.1. The number of hydrogen-bond donors (Lipinski definition) is 1. The van der Waals surface area contributed by atoms with Gasteiger partial charge < -0.3 is 9.84 Å².